The second kappa shape index (κ2) is 6.90. The van der Waals surface area contributed by atoms with E-state index < -0.39 is 41.9 Å². The van der Waals surface area contributed by atoms with Crippen molar-refractivity contribution in [3.63, 3.8) is 0 Å². The molecule has 0 aromatic carbocycles. The van der Waals surface area contributed by atoms with E-state index in [0.29, 0.717) is 0 Å². The second-order valence-corrected chi connectivity index (χ2v) is 7.35. The molecule has 0 bridgehead atoms. The van der Waals surface area contributed by atoms with E-state index in [9.17, 15) is 14.4 Å². The molecule has 156 valence electrons. The van der Waals surface area contributed by atoms with Crippen molar-refractivity contribution >= 4 is 29.0 Å². The summed E-state index contributed by atoms with van der Waals surface area (Å²) in [6.07, 6.45) is -0.941. The van der Waals surface area contributed by atoms with Crippen LogP contribution in [-0.4, -0.2) is 62.1 Å². The highest BCUT2D eigenvalue weighted by Crippen LogP contribution is 2.43. The van der Waals surface area contributed by atoms with Crippen molar-refractivity contribution in [1.29, 1.82) is 0 Å². The number of nitrogens with one attached hydrogen (secondary N) is 2. The lowest BCUT2D eigenvalue weighted by Gasteiger charge is -2.24. The van der Waals surface area contributed by atoms with Crippen molar-refractivity contribution in [1.82, 2.24) is 19.5 Å². The molecule has 0 aliphatic carbocycles. The van der Waals surface area contributed by atoms with E-state index in [1.54, 1.807) is 18.4 Å². The van der Waals surface area contributed by atoms with Gasteiger partial charge in [-0.3, -0.25) is 29.3 Å². The Labute approximate surface area is 164 Å². The van der Waals surface area contributed by atoms with E-state index >= 15 is 0 Å². The summed E-state index contributed by atoms with van der Waals surface area (Å²) >= 11 is 0. The molecular formula is C17H21N5O7. The molecule has 4 rings (SSSR count). The Morgan fingerprint density at radius 2 is 2.03 bits per heavy atom. The normalized spacial score (nSPS) is 27.7. The Morgan fingerprint density at radius 1 is 1.31 bits per heavy atom. The SMILES string of the molecule is CC(=O)Nc1nc2c(ncn2[C@H]2O[C@H](COC(C)=O)[C@H]3OC(C)(C)O[C@@H]32)c(=O)[nH]1. The van der Waals surface area contributed by atoms with Crippen LogP contribution in [0.2, 0.25) is 0 Å². The van der Waals surface area contributed by atoms with E-state index in [-0.39, 0.29) is 29.6 Å². The lowest BCUT2D eigenvalue weighted by atomic mass is 10.1. The molecule has 2 saturated heterocycles. The van der Waals surface area contributed by atoms with Gasteiger partial charge in [-0.1, -0.05) is 0 Å². The van der Waals surface area contributed by atoms with Gasteiger partial charge in [-0.15, -0.1) is 0 Å². The summed E-state index contributed by atoms with van der Waals surface area (Å²) in [4.78, 5) is 45.7. The van der Waals surface area contributed by atoms with Crippen LogP contribution < -0.4 is 10.9 Å². The number of aromatic nitrogens is 4. The highest BCUT2D eigenvalue weighted by atomic mass is 16.8. The zero-order chi connectivity index (χ0) is 20.9. The molecule has 12 nitrogen and oxygen atoms in total. The van der Waals surface area contributed by atoms with Crippen molar-refractivity contribution < 1.29 is 28.5 Å². The lowest BCUT2D eigenvalue weighted by molar-refractivity contribution is -0.201. The predicted octanol–water partition coefficient (Wildman–Crippen LogP) is 0.0586. The Kier molecular flexibility index (Phi) is 4.63. The number of rotatable bonds is 4. The fraction of sp³-hybridized carbons (Fsp3) is 0.588. The van der Waals surface area contributed by atoms with Crippen LogP contribution in [0.3, 0.4) is 0 Å². The smallest absolute Gasteiger partial charge is 0.302 e. The van der Waals surface area contributed by atoms with Crippen molar-refractivity contribution in [3.8, 4) is 0 Å². The third-order valence-electron chi connectivity index (χ3n) is 4.58. The maximum atomic E-state index is 12.3. The van der Waals surface area contributed by atoms with Crippen LogP contribution in [0.1, 0.15) is 33.9 Å². The van der Waals surface area contributed by atoms with Crippen LogP contribution in [0.25, 0.3) is 11.2 Å². The Bertz CT molecular complexity index is 1030. The van der Waals surface area contributed by atoms with Gasteiger partial charge in [0.15, 0.2) is 23.2 Å². The molecule has 2 aromatic rings. The number of hydrogen-bond acceptors (Lipinski definition) is 9. The fourth-order valence-corrected chi connectivity index (χ4v) is 3.55. The molecule has 0 unspecified atom stereocenters. The van der Waals surface area contributed by atoms with E-state index in [1.807, 2.05) is 0 Å². The first-order chi connectivity index (χ1) is 13.6. The number of H-pyrrole nitrogens is 1. The van der Waals surface area contributed by atoms with Crippen LogP contribution >= 0.6 is 0 Å². The van der Waals surface area contributed by atoms with Gasteiger partial charge in [0.2, 0.25) is 11.9 Å². The average Bonchev–Trinajstić information content (AvgIpc) is 3.23. The molecule has 0 radical (unpaired) electrons. The number of fused-ring (bicyclic) bond motifs is 2. The van der Waals surface area contributed by atoms with Crippen LogP contribution in [0.5, 0.6) is 0 Å². The molecule has 4 atom stereocenters. The van der Waals surface area contributed by atoms with Gasteiger partial charge in [0.05, 0.1) is 6.33 Å². The van der Waals surface area contributed by atoms with Crippen LogP contribution in [0.4, 0.5) is 5.95 Å². The second-order valence-electron chi connectivity index (χ2n) is 7.35. The summed E-state index contributed by atoms with van der Waals surface area (Å²) in [6, 6.07) is 0. The Morgan fingerprint density at radius 3 is 2.72 bits per heavy atom. The van der Waals surface area contributed by atoms with Gasteiger partial charge in [0.25, 0.3) is 5.56 Å². The van der Waals surface area contributed by atoms with E-state index in [1.165, 1.54) is 20.2 Å². The summed E-state index contributed by atoms with van der Waals surface area (Å²) in [7, 11) is 0. The van der Waals surface area contributed by atoms with Gasteiger partial charge in [0.1, 0.15) is 24.9 Å². The van der Waals surface area contributed by atoms with E-state index in [4.69, 9.17) is 18.9 Å². The predicted molar refractivity (Wildman–Crippen MR) is 96.8 cm³/mol. The number of ether oxygens (including phenoxy) is 4. The highest BCUT2D eigenvalue weighted by molar-refractivity contribution is 5.87. The van der Waals surface area contributed by atoms with Crippen molar-refractivity contribution in [2.75, 3.05) is 11.9 Å². The molecule has 2 aliphatic heterocycles. The van der Waals surface area contributed by atoms with Gasteiger partial charge >= 0.3 is 5.97 Å². The quantitative estimate of drug-likeness (QED) is 0.671. The van der Waals surface area contributed by atoms with Gasteiger partial charge in [-0.05, 0) is 13.8 Å². The summed E-state index contributed by atoms with van der Waals surface area (Å²) in [5.74, 6) is -1.69. The summed E-state index contributed by atoms with van der Waals surface area (Å²) in [6.45, 7) is 6.15. The first-order valence-corrected chi connectivity index (χ1v) is 9.03. The topological polar surface area (TPSA) is 147 Å². The number of aromatic amines is 1. The first kappa shape index (κ1) is 19.5. The van der Waals surface area contributed by atoms with Gasteiger partial charge in [0, 0.05) is 13.8 Å². The van der Waals surface area contributed by atoms with E-state index in [2.05, 4.69) is 20.3 Å². The minimum Gasteiger partial charge on any atom is -0.463 e. The van der Waals surface area contributed by atoms with Gasteiger partial charge < -0.3 is 18.9 Å². The summed E-state index contributed by atoms with van der Waals surface area (Å²) < 4.78 is 24.6. The Balaban J connectivity index is 1.72. The largest absolute Gasteiger partial charge is 0.463 e. The average molecular weight is 407 g/mol. The molecule has 2 N–H and O–H groups in total. The van der Waals surface area contributed by atoms with Crippen LogP contribution in [0, 0.1) is 0 Å². The van der Waals surface area contributed by atoms with Gasteiger partial charge in [-0.2, -0.15) is 4.98 Å². The summed E-state index contributed by atoms with van der Waals surface area (Å²) in [5.41, 5.74) is -0.212. The first-order valence-electron chi connectivity index (χ1n) is 9.03. The number of carbonyl (C=O) groups excluding carboxylic acids is 2. The number of amides is 1. The van der Waals surface area contributed by atoms with Crippen molar-refractivity contribution in [2.45, 2.75) is 58.0 Å². The third-order valence-corrected chi connectivity index (χ3v) is 4.58. The van der Waals surface area contributed by atoms with E-state index in [0.717, 1.165) is 0 Å². The highest BCUT2D eigenvalue weighted by Gasteiger charge is 2.56. The molecule has 0 spiro atoms. The van der Waals surface area contributed by atoms with Crippen molar-refractivity contribution in [2.24, 2.45) is 0 Å². The number of anilines is 1. The number of hydrogen-bond donors (Lipinski definition) is 2. The molecule has 4 heterocycles. The lowest BCUT2D eigenvalue weighted by Crippen LogP contribution is -2.33. The number of esters is 1. The van der Waals surface area contributed by atoms with Crippen molar-refractivity contribution in [3.05, 3.63) is 16.7 Å². The molecule has 29 heavy (non-hydrogen) atoms. The molecule has 2 aromatic heterocycles. The fourth-order valence-electron chi connectivity index (χ4n) is 3.55. The molecule has 2 aliphatic rings. The van der Waals surface area contributed by atoms with Crippen LogP contribution in [0.15, 0.2) is 11.1 Å². The standard InChI is InChI=1S/C17H21N5O7/c1-7(23)19-16-20-13-10(14(25)21-16)18-6-22(13)15-12-11(28-17(3,4)29-12)9(27-15)5-26-8(2)24/h6,9,11-12,15H,5H2,1-4H3,(H2,19,20,21,23,25)/t9-,11-,12+,15+/m1/s1. The minimum absolute atomic E-state index is 0.00770. The zero-order valence-corrected chi connectivity index (χ0v) is 16.3. The monoisotopic (exact) mass is 407 g/mol. The van der Waals surface area contributed by atoms with Crippen LogP contribution in [-0.2, 0) is 28.5 Å². The molecule has 0 saturated carbocycles. The molecule has 2 fully saturated rings. The number of carbonyl (C=O) groups is 2. The Hall–Kier alpha value is -2.83. The minimum atomic E-state index is -0.867. The summed E-state index contributed by atoms with van der Waals surface area (Å²) in [5, 5.41) is 2.45. The molecule has 1 amide bonds. The molecule has 12 heteroatoms. The maximum Gasteiger partial charge on any atom is 0.302 e. The zero-order valence-electron chi connectivity index (χ0n) is 16.3. The van der Waals surface area contributed by atoms with Gasteiger partial charge in [-0.25, -0.2) is 4.98 Å². The third kappa shape index (κ3) is 3.61. The number of nitrogens with zero attached hydrogens (tertiary/aromatic N) is 3. The maximum absolute atomic E-state index is 12.3. The molecular weight excluding hydrogens is 386 g/mol. The number of imidazole rings is 1.